The first kappa shape index (κ1) is 14.1. The number of nitrogens with two attached hydrogens (primary N) is 1. The zero-order valence-electron chi connectivity index (χ0n) is 12.1. The molecule has 2 N–H and O–H groups in total. The van der Waals surface area contributed by atoms with E-state index in [2.05, 4.69) is 28.7 Å². The number of hydrogen-bond donors (Lipinski definition) is 1. The first-order valence-corrected chi connectivity index (χ1v) is 7.04. The molecule has 0 bridgehead atoms. The highest BCUT2D eigenvalue weighted by molar-refractivity contribution is 5.47. The first-order chi connectivity index (χ1) is 9.08. The van der Waals surface area contributed by atoms with E-state index in [0.29, 0.717) is 36.7 Å². The summed E-state index contributed by atoms with van der Waals surface area (Å²) in [4.78, 5) is 11.1. The van der Waals surface area contributed by atoms with E-state index >= 15 is 0 Å². The summed E-state index contributed by atoms with van der Waals surface area (Å²) in [6.45, 7) is 9.69. The molecule has 1 aliphatic heterocycles. The third-order valence-corrected chi connectivity index (χ3v) is 3.41. The minimum absolute atomic E-state index is 0.424. The topological polar surface area (TPSA) is 64.3 Å². The van der Waals surface area contributed by atoms with Gasteiger partial charge in [-0.05, 0) is 25.2 Å². The molecule has 1 aromatic heterocycles. The van der Waals surface area contributed by atoms with Gasteiger partial charge < -0.3 is 15.4 Å². The van der Waals surface area contributed by atoms with Crippen LogP contribution >= 0.6 is 0 Å². The highest BCUT2D eigenvalue weighted by Gasteiger charge is 2.23. The molecular weight excluding hydrogens is 240 g/mol. The van der Waals surface area contributed by atoms with Crippen LogP contribution in [0.15, 0.2) is 6.07 Å². The van der Waals surface area contributed by atoms with Gasteiger partial charge in [0.1, 0.15) is 18.2 Å². The van der Waals surface area contributed by atoms with E-state index in [1.54, 1.807) is 0 Å². The fourth-order valence-electron chi connectivity index (χ4n) is 2.77. The number of aromatic nitrogens is 2. The molecule has 1 fully saturated rings. The molecule has 1 aromatic rings. The predicted molar refractivity (Wildman–Crippen MR) is 76.9 cm³/mol. The van der Waals surface area contributed by atoms with Crippen LogP contribution in [-0.4, -0.2) is 29.7 Å². The predicted octanol–water partition coefficient (Wildman–Crippen LogP) is 2.08. The van der Waals surface area contributed by atoms with Gasteiger partial charge in [-0.25, -0.2) is 9.97 Å². The van der Waals surface area contributed by atoms with E-state index in [1.165, 1.54) is 6.42 Å². The molecule has 1 saturated heterocycles. The van der Waals surface area contributed by atoms with E-state index in [9.17, 15) is 0 Å². The van der Waals surface area contributed by atoms with E-state index in [-0.39, 0.29) is 0 Å². The van der Waals surface area contributed by atoms with E-state index in [4.69, 9.17) is 10.5 Å². The lowest BCUT2D eigenvalue weighted by Crippen LogP contribution is -2.39. The maximum absolute atomic E-state index is 5.87. The molecule has 2 atom stereocenters. The summed E-state index contributed by atoms with van der Waals surface area (Å²) in [6.07, 6.45) is 1.28. The average molecular weight is 264 g/mol. The lowest BCUT2D eigenvalue weighted by Gasteiger charge is -2.35. The molecule has 2 unspecified atom stereocenters. The molecule has 0 radical (unpaired) electrons. The van der Waals surface area contributed by atoms with Gasteiger partial charge in [-0.15, -0.1) is 0 Å². The van der Waals surface area contributed by atoms with Gasteiger partial charge in [0.05, 0.1) is 0 Å². The van der Waals surface area contributed by atoms with E-state index in [0.717, 1.165) is 18.9 Å². The zero-order chi connectivity index (χ0) is 13.8. The smallest absolute Gasteiger partial charge is 0.158 e. The molecule has 0 spiro atoms. The van der Waals surface area contributed by atoms with Crippen molar-refractivity contribution in [3.63, 3.8) is 0 Å². The largest absolute Gasteiger partial charge is 0.384 e. The molecule has 0 amide bonds. The van der Waals surface area contributed by atoms with Crippen LogP contribution in [0.4, 0.5) is 11.6 Å². The molecule has 106 valence electrons. The first-order valence-electron chi connectivity index (χ1n) is 7.04. The molecule has 5 nitrogen and oxygen atoms in total. The second kappa shape index (κ2) is 6.19. The van der Waals surface area contributed by atoms with Crippen LogP contribution in [0, 0.1) is 11.8 Å². The lowest BCUT2D eigenvalue weighted by molar-refractivity contribution is 0.128. The van der Waals surface area contributed by atoms with Crippen LogP contribution in [0.2, 0.25) is 0 Å². The average Bonchev–Trinajstić information content (AvgIpc) is 2.34. The van der Waals surface area contributed by atoms with Crippen molar-refractivity contribution < 1.29 is 4.74 Å². The van der Waals surface area contributed by atoms with Crippen molar-refractivity contribution in [1.29, 1.82) is 0 Å². The molecule has 2 rings (SSSR count). The monoisotopic (exact) mass is 264 g/mol. The van der Waals surface area contributed by atoms with Gasteiger partial charge in [0.15, 0.2) is 5.82 Å². The van der Waals surface area contributed by atoms with Crippen molar-refractivity contribution in [2.75, 3.05) is 30.3 Å². The van der Waals surface area contributed by atoms with Crippen LogP contribution in [-0.2, 0) is 11.3 Å². The Hall–Kier alpha value is -1.36. The molecule has 1 aliphatic rings. The minimum atomic E-state index is 0.424. The summed E-state index contributed by atoms with van der Waals surface area (Å²) in [7, 11) is 0. The fourth-order valence-corrected chi connectivity index (χ4v) is 2.77. The molecule has 0 aliphatic carbocycles. The Morgan fingerprint density at radius 3 is 2.63 bits per heavy atom. The van der Waals surface area contributed by atoms with Gasteiger partial charge in [0, 0.05) is 25.8 Å². The Morgan fingerprint density at radius 2 is 2.00 bits per heavy atom. The van der Waals surface area contributed by atoms with Crippen molar-refractivity contribution in [3.8, 4) is 0 Å². The van der Waals surface area contributed by atoms with Gasteiger partial charge in [-0.2, -0.15) is 0 Å². The molecule has 0 saturated carbocycles. The van der Waals surface area contributed by atoms with E-state index < -0.39 is 0 Å². The number of nitrogens with zero attached hydrogens (tertiary/aromatic N) is 3. The molecule has 2 heterocycles. The normalized spacial score (nSPS) is 23.6. The van der Waals surface area contributed by atoms with Gasteiger partial charge in [-0.1, -0.05) is 13.8 Å². The van der Waals surface area contributed by atoms with Crippen LogP contribution in [0.1, 0.15) is 33.0 Å². The summed E-state index contributed by atoms with van der Waals surface area (Å²) < 4.78 is 5.36. The highest BCUT2D eigenvalue weighted by Crippen LogP contribution is 2.25. The van der Waals surface area contributed by atoms with Crippen molar-refractivity contribution >= 4 is 11.6 Å². The molecule has 5 heteroatoms. The lowest BCUT2D eigenvalue weighted by atomic mass is 9.92. The number of nitrogen functional groups attached to an aromatic ring is 1. The molecular formula is C14H24N4O. The summed E-state index contributed by atoms with van der Waals surface area (Å²) in [5.74, 6) is 3.50. The maximum Gasteiger partial charge on any atom is 0.158 e. The van der Waals surface area contributed by atoms with Crippen molar-refractivity contribution in [3.05, 3.63) is 11.9 Å². The van der Waals surface area contributed by atoms with Gasteiger partial charge in [0.2, 0.25) is 0 Å². The van der Waals surface area contributed by atoms with Crippen molar-refractivity contribution in [2.45, 2.75) is 33.8 Å². The third kappa shape index (κ3) is 3.80. The summed E-state index contributed by atoms with van der Waals surface area (Å²) in [5, 5.41) is 0. The van der Waals surface area contributed by atoms with Gasteiger partial charge in [0.25, 0.3) is 0 Å². The zero-order valence-corrected chi connectivity index (χ0v) is 12.1. The number of anilines is 2. The number of rotatable bonds is 4. The molecule has 19 heavy (non-hydrogen) atoms. The van der Waals surface area contributed by atoms with Gasteiger partial charge >= 0.3 is 0 Å². The highest BCUT2D eigenvalue weighted by atomic mass is 16.5. The Bertz CT molecular complexity index is 414. The summed E-state index contributed by atoms with van der Waals surface area (Å²) in [5.41, 5.74) is 5.87. The maximum atomic E-state index is 5.87. The quantitative estimate of drug-likeness (QED) is 0.902. The summed E-state index contributed by atoms with van der Waals surface area (Å²) in [6, 6.07) is 1.86. The fraction of sp³-hybridized carbons (Fsp3) is 0.714. The van der Waals surface area contributed by atoms with Crippen molar-refractivity contribution in [1.82, 2.24) is 9.97 Å². The number of hydrogen-bond acceptors (Lipinski definition) is 5. The molecule has 0 aromatic carbocycles. The van der Waals surface area contributed by atoms with Crippen LogP contribution in [0.25, 0.3) is 0 Å². The second-order valence-corrected chi connectivity index (χ2v) is 5.56. The minimum Gasteiger partial charge on any atom is -0.384 e. The van der Waals surface area contributed by atoms with Gasteiger partial charge in [-0.3, -0.25) is 0 Å². The van der Waals surface area contributed by atoms with Crippen LogP contribution in [0.5, 0.6) is 0 Å². The Labute approximate surface area is 115 Å². The Kier molecular flexibility index (Phi) is 4.58. The second-order valence-electron chi connectivity index (χ2n) is 5.56. The number of ether oxygens (including phenoxy) is 1. The Morgan fingerprint density at radius 1 is 1.32 bits per heavy atom. The van der Waals surface area contributed by atoms with Crippen LogP contribution in [0.3, 0.4) is 0 Å². The SMILES string of the molecule is CCOCc1nc(N)cc(N2CC(C)CC(C)C2)n1. The summed E-state index contributed by atoms with van der Waals surface area (Å²) >= 11 is 0. The third-order valence-electron chi connectivity index (χ3n) is 3.41. The standard InChI is InChI=1S/C14H24N4O/c1-4-19-9-13-16-12(15)6-14(17-13)18-7-10(2)5-11(3)8-18/h6,10-11H,4-5,7-9H2,1-3H3,(H2,15,16,17). The van der Waals surface area contributed by atoms with Crippen molar-refractivity contribution in [2.24, 2.45) is 11.8 Å². The Balaban J connectivity index is 2.16. The number of piperidine rings is 1. The van der Waals surface area contributed by atoms with E-state index in [1.807, 2.05) is 13.0 Å². The van der Waals surface area contributed by atoms with Crippen LogP contribution < -0.4 is 10.6 Å².